The minimum atomic E-state index is -0.250. The van der Waals surface area contributed by atoms with Crippen LogP contribution in [0.1, 0.15) is 49.3 Å². The molecule has 5 rings (SSSR count). The molecule has 1 aromatic rings. The Bertz CT molecular complexity index is 864. The van der Waals surface area contributed by atoms with Gasteiger partial charge in [0.15, 0.2) is 0 Å². The summed E-state index contributed by atoms with van der Waals surface area (Å²) in [6.07, 6.45) is 9.64. The summed E-state index contributed by atoms with van der Waals surface area (Å²) in [4.78, 5) is 38.8. The van der Waals surface area contributed by atoms with Gasteiger partial charge in [-0.1, -0.05) is 18.2 Å². The Labute approximate surface area is 177 Å². The number of pyridine rings is 1. The van der Waals surface area contributed by atoms with E-state index in [-0.39, 0.29) is 17.9 Å². The first-order valence-corrected chi connectivity index (χ1v) is 11.1. The zero-order valence-electron chi connectivity index (χ0n) is 17.4. The van der Waals surface area contributed by atoms with E-state index in [0.29, 0.717) is 17.7 Å². The van der Waals surface area contributed by atoms with Crippen molar-refractivity contribution in [3.05, 3.63) is 45.9 Å². The molecular formula is C23H31N3O4. The van der Waals surface area contributed by atoms with E-state index in [1.165, 1.54) is 12.8 Å². The van der Waals surface area contributed by atoms with Gasteiger partial charge in [-0.2, -0.15) is 0 Å². The number of amides is 1. The zero-order chi connectivity index (χ0) is 21.1. The molecule has 0 radical (unpaired) electrons. The number of aromatic nitrogens is 1. The molecular weight excluding hydrogens is 382 g/mol. The van der Waals surface area contributed by atoms with Crippen LogP contribution in [-0.2, 0) is 22.7 Å². The van der Waals surface area contributed by atoms with E-state index >= 15 is 0 Å². The molecule has 1 amide bonds. The fraction of sp³-hybridized carbons (Fsp3) is 0.609. The summed E-state index contributed by atoms with van der Waals surface area (Å²) < 4.78 is 2.03. The minimum Gasteiger partial charge on any atom is -0.483 e. The van der Waals surface area contributed by atoms with Crippen LogP contribution < -0.4 is 5.56 Å². The Hall–Kier alpha value is -2.41. The van der Waals surface area contributed by atoms with Crippen LogP contribution in [0.5, 0.6) is 0 Å². The third-order valence-corrected chi connectivity index (χ3v) is 6.94. The molecule has 1 N–H and O–H groups in total. The molecule has 2 atom stereocenters. The summed E-state index contributed by atoms with van der Waals surface area (Å²) in [6.45, 7) is 5.11. The van der Waals surface area contributed by atoms with Gasteiger partial charge in [0.2, 0.25) is 5.91 Å². The largest absolute Gasteiger partial charge is 0.483 e. The van der Waals surface area contributed by atoms with E-state index in [9.17, 15) is 9.59 Å². The summed E-state index contributed by atoms with van der Waals surface area (Å²) in [5, 5.41) is 6.89. The van der Waals surface area contributed by atoms with Crippen LogP contribution in [0.15, 0.2) is 29.1 Å². The van der Waals surface area contributed by atoms with Gasteiger partial charge in [-0.05, 0) is 57.2 Å². The van der Waals surface area contributed by atoms with Gasteiger partial charge in [-0.15, -0.1) is 0 Å². The number of carbonyl (C=O) groups excluding carboxylic acids is 1. The molecule has 4 aliphatic rings. The van der Waals surface area contributed by atoms with Crippen LogP contribution in [0, 0.1) is 11.8 Å². The van der Waals surface area contributed by atoms with Gasteiger partial charge in [0.05, 0.1) is 0 Å². The number of fused-ring (bicyclic) bond motifs is 4. The maximum absolute atomic E-state index is 13.1. The fourth-order valence-electron chi connectivity index (χ4n) is 5.55. The number of piperidine rings is 1. The third kappa shape index (κ3) is 4.21. The molecule has 1 aliphatic carbocycles. The number of hydrogen-bond donors (Lipinski definition) is 1. The normalized spacial score (nSPS) is 25.5. The molecule has 1 aromatic heterocycles. The Morgan fingerprint density at radius 1 is 1.10 bits per heavy atom. The SMILES string of the molecule is O=C(C1CC=CC1)N1C[C@@H]2C[C@H](C1)c1ccc(CN3CCCC3)c(=O)n1C2.O=CO. The summed E-state index contributed by atoms with van der Waals surface area (Å²) in [5.74, 6) is 1.18. The lowest BCUT2D eigenvalue weighted by Gasteiger charge is -2.43. The molecule has 0 spiro atoms. The molecule has 2 fully saturated rings. The molecule has 0 aromatic carbocycles. The lowest BCUT2D eigenvalue weighted by molar-refractivity contribution is -0.138. The zero-order valence-corrected chi connectivity index (χ0v) is 17.4. The van der Waals surface area contributed by atoms with E-state index in [1.54, 1.807) is 0 Å². The highest BCUT2D eigenvalue weighted by molar-refractivity contribution is 5.80. The van der Waals surface area contributed by atoms with Crippen molar-refractivity contribution in [2.75, 3.05) is 26.2 Å². The number of allylic oxidation sites excluding steroid dienone is 2. The first kappa shape index (κ1) is 20.8. The van der Waals surface area contributed by atoms with Gasteiger partial charge in [-0.25, -0.2) is 0 Å². The van der Waals surface area contributed by atoms with Gasteiger partial charge < -0.3 is 14.6 Å². The van der Waals surface area contributed by atoms with E-state index in [2.05, 4.69) is 34.1 Å². The molecule has 0 unspecified atom stereocenters. The summed E-state index contributed by atoms with van der Waals surface area (Å²) in [5.41, 5.74) is 2.28. The lowest BCUT2D eigenvalue weighted by Crippen LogP contribution is -2.50. The second-order valence-electron chi connectivity index (χ2n) is 8.97. The number of hydrogen-bond acceptors (Lipinski definition) is 4. The summed E-state index contributed by atoms with van der Waals surface area (Å²) in [6, 6.07) is 4.22. The van der Waals surface area contributed by atoms with Crippen LogP contribution >= 0.6 is 0 Å². The van der Waals surface area contributed by atoms with Crippen molar-refractivity contribution in [2.45, 2.75) is 51.1 Å². The first-order valence-electron chi connectivity index (χ1n) is 11.1. The molecule has 0 saturated carbocycles. The maximum atomic E-state index is 13.1. The van der Waals surface area contributed by atoms with Crippen molar-refractivity contribution < 1.29 is 14.7 Å². The Morgan fingerprint density at radius 2 is 1.80 bits per heavy atom. The quantitative estimate of drug-likeness (QED) is 0.606. The van der Waals surface area contributed by atoms with Gasteiger partial charge in [0, 0.05) is 49.3 Å². The summed E-state index contributed by atoms with van der Waals surface area (Å²) >= 11 is 0. The van der Waals surface area contributed by atoms with Gasteiger partial charge >= 0.3 is 0 Å². The maximum Gasteiger partial charge on any atom is 0.290 e. The molecule has 2 bridgehead atoms. The van der Waals surface area contributed by atoms with E-state index < -0.39 is 0 Å². The highest BCUT2D eigenvalue weighted by Gasteiger charge is 2.38. The minimum absolute atomic E-state index is 0.147. The van der Waals surface area contributed by atoms with E-state index in [4.69, 9.17) is 9.90 Å². The lowest BCUT2D eigenvalue weighted by atomic mass is 9.82. The Morgan fingerprint density at radius 3 is 2.50 bits per heavy atom. The van der Waals surface area contributed by atoms with Crippen molar-refractivity contribution in [1.82, 2.24) is 14.4 Å². The molecule has 30 heavy (non-hydrogen) atoms. The van der Waals surface area contributed by atoms with Gasteiger partial charge in [-0.3, -0.25) is 19.3 Å². The first-order chi connectivity index (χ1) is 14.6. The van der Waals surface area contributed by atoms with Crippen molar-refractivity contribution in [3.8, 4) is 0 Å². The number of rotatable bonds is 3. The van der Waals surface area contributed by atoms with Gasteiger partial charge in [0.25, 0.3) is 12.0 Å². The standard InChI is InChI=1S/C22H29N3O2.CH2O2/c26-21(17-5-1-2-6-17)24-12-16-11-19(15-24)20-8-7-18(22(27)25(20)13-16)14-23-9-3-4-10-23;2-1-3/h1-2,7-8,16-17,19H,3-6,9-15H2;1H,(H,2,3)/t16-,19+;/m0./s1. The van der Waals surface area contributed by atoms with E-state index in [1.807, 2.05) is 4.57 Å². The number of nitrogens with zero attached hydrogens (tertiary/aromatic N) is 3. The average molecular weight is 414 g/mol. The van der Waals surface area contributed by atoms with Crippen LogP contribution in [0.2, 0.25) is 0 Å². The van der Waals surface area contributed by atoms with E-state index in [0.717, 1.165) is 69.8 Å². The van der Waals surface area contributed by atoms with Crippen LogP contribution in [0.3, 0.4) is 0 Å². The monoisotopic (exact) mass is 413 g/mol. The molecule has 3 aliphatic heterocycles. The predicted molar refractivity (Wildman–Crippen MR) is 113 cm³/mol. The topological polar surface area (TPSA) is 82.9 Å². The number of carboxylic acid groups (broad SMARTS) is 1. The second kappa shape index (κ2) is 9.16. The predicted octanol–water partition coefficient (Wildman–Crippen LogP) is 2.06. The Kier molecular flexibility index (Phi) is 6.37. The number of carbonyl (C=O) groups is 2. The average Bonchev–Trinajstić information content (AvgIpc) is 3.45. The second-order valence-corrected chi connectivity index (χ2v) is 8.97. The molecule has 7 heteroatoms. The van der Waals surface area contributed by atoms with Crippen LogP contribution in [-0.4, -0.2) is 58.0 Å². The Balaban J connectivity index is 0.000000687. The molecule has 2 saturated heterocycles. The third-order valence-electron chi connectivity index (χ3n) is 6.94. The molecule has 162 valence electrons. The van der Waals surface area contributed by atoms with Crippen molar-refractivity contribution in [1.29, 1.82) is 0 Å². The van der Waals surface area contributed by atoms with Crippen molar-refractivity contribution >= 4 is 12.4 Å². The van der Waals surface area contributed by atoms with Crippen LogP contribution in [0.4, 0.5) is 0 Å². The van der Waals surface area contributed by atoms with Gasteiger partial charge in [0.1, 0.15) is 0 Å². The van der Waals surface area contributed by atoms with Crippen LogP contribution in [0.25, 0.3) is 0 Å². The van der Waals surface area contributed by atoms with Crippen molar-refractivity contribution in [2.24, 2.45) is 11.8 Å². The molecule has 4 heterocycles. The fourth-order valence-corrected chi connectivity index (χ4v) is 5.55. The highest BCUT2D eigenvalue weighted by Crippen LogP contribution is 2.36. The number of likely N-dealkylation sites (tertiary alicyclic amines) is 2. The smallest absolute Gasteiger partial charge is 0.290 e. The molecule has 7 nitrogen and oxygen atoms in total. The highest BCUT2D eigenvalue weighted by atomic mass is 16.3. The van der Waals surface area contributed by atoms with Crippen molar-refractivity contribution in [3.63, 3.8) is 0 Å². The summed E-state index contributed by atoms with van der Waals surface area (Å²) in [7, 11) is 0.